The molecular weight excluding hydrogens is 588 g/mol. The molecule has 4 rings (SSSR count). The first-order chi connectivity index (χ1) is 17.8. The second-order valence-electron chi connectivity index (χ2n) is 8.01. The van der Waals surface area contributed by atoms with Gasteiger partial charge in [0.15, 0.2) is 0 Å². The van der Waals surface area contributed by atoms with Crippen LogP contribution >= 0.6 is 48.0 Å². The zero-order valence-electron chi connectivity index (χ0n) is 21.0. The van der Waals surface area contributed by atoms with Gasteiger partial charge in [-0.3, -0.25) is 10.1 Å². The van der Waals surface area contributed by atoms with Crippen molar-refractivity contribution >= 4 is 71.3 Å². The number of hydrogen-bond acceptors (Lipinski definition) is 9. The van der Waals surface area contributed by atoms with Crippen LogP contribution in [0.3, 0.4) is 0 Å². The molecule has 0 saturated heterocycles. The Bertz CT molecular complexity index is 1450. The molecule has 3 aromatic heterocycles. The molecule has 0 bridgehead atoms. The second kappa shape index (κ2) is 14.1. The summed E-state index contributed by atoms with van der Waals surface area (Å²) in [4.78, 5) is 31.8. The smallest absolute Gasteiger partial charge is 0.311 e. The molecule has 3 heterocycles. The topological polar surface area (TPSA) is 161 Å². The molecule has 4 aromatic rings. The van der Waals surface area contributed by atoms with E-state index < -0.39 is 4.92 Å². The van der Waals surface area contributed by atoms with Crippen LogP contribution in [0.25, 0.3) is 22.5 Å². The maximum Gasteiger partial charge on any atom is 0.311 e. The van der Waals surface area contributed by atoms with Crippen LogP contribution in [0.5, 0.6) is 0 Å². The number of imidazole rings is 1. The van der Waals surface area contributed by atoms with Crippen molar-refractivity contribution in [3.8, 4) is 22.5 Å². The fourth-order valence-corrected chi connectivity index (χ4v) is 4.22. The predicted molar refractivity (Wildman–Crippen MR) is 161 cm³/mol. The Balaban J connectivity index is 0.00000267. The van der Waals surface area contributed by atoms with Gasteiger partial charge in [-0.1, -0.05) is 37.0 Å². The monoisotopic (exact) mass is 613 g/mol. The molecule has 15 heteroatoms. The van der Waals surface area contributed by atoms with Crippen molar-refractivity contribution in [1.29, 1.82) is 0 Å². The van der Waals surface area contributed by atoms with Gasteiger partial charge in [-0.2, -0.15) is 0 Å². The number of halogens is 4. The zero-order valence-corrected chi connectivity index (χ0v) is 24.1. The minimum Gasteiger partial charge on any atom is -0.378 e. The standard InChI is InChI=1S/C24H25Cl2N9O2.2ClH/c1-3-17-22(32-19(4-2)31-17)15-12-30-24(34-21(15)14-6-5-13(25)11-16(14)26)29-10-9-28-20-8-7-18(35(36)37)23(27)33-20;;/h5-8,11-12H,3-4,9-10H2,1-2H3,(H,31,32)(H3,27,28,33)(H,29,30,34);2*1H. The molecule has 0 amide bonds. The SMILES string of the molecule is CCc1nc(-c2cnc(NCCNc3ccc([N+](=O)[O-])c(N)n3)nc2-c2ccc(Cl)cc2Cl)c(CC)[nH]1.Cl.Cl. The Hall–Kier alpha value is -3.38. The molecule has 0 aliphatic heterocycles. The summed E-state index contributed by atoms with van der Waals surface area (Å²) in [6, 6.07) is 8.07. The van der Waals surface area contributed by atoms with E-state index >= 15 is 0 Å². The average molecular weight is 615 g/mol. The van der Waals surface area contributed by atoms with Crippen LogP contribution in [0, 0.1) is 10.1 Å². The number of aryl methyl sites for hydroxylation is 2. The normalized spacial score (nSPS) is 10.4. The van der Waals surface area contributed by atoms with Crippen LogP contribution in [0.2, 0.25) is 10.0 Å². The average Bonchev–Trinajstić information content (AvgIpc) is 3.30. The van der Waals surface area contributed by atoms with E-state index in [1.165, 1.54) is 12.1 Å². The summed E-state index contributed by atoms with van der Waals surface area (Å²) in [6.07, 6.45) is 3.27. The number of anilines is 3. The van der Waals surface area contributed by atoms with Crippen LogP contribution in [-0.4, -0.2) is 42.9 Å². The molecule has 0 spiro atoms. The molecule has 208 valence electrons. The van der Waals surface area contributed by atoms with E-state index in [1.54, 1.807) is 18.3 Å². The minimum atomic E-state index is -0.575. The number of aromatic nitrogens is 5. The van der Waals surface area contributed by atoms with Gasteiger partial charge < -0.3 is 21.4 Å². The van der Waals surface area contributed by atoms with Gasteiger partial charge in [-0.15, -0.1) is 24.8 Å². The number of H-pyrrole nitrogens is 1. The van der Waals surface area contributed by atoms with E-state index in [2.05, 4.69) is 32.5 Å². The highest BCUT2D eigenvalue weighted by molar-refractivity contribution is 6.36. The zero-order chi connectivity index (χ0) is 26.5. The summed E-state index contributed by atoms with van der Waals surface area (Å²) in [5.74, 6) is 1.55. The van der Waals surface area contributed by atoms with Crippen molar-refractivity contribution in [3.63, 3.8) is 0 Å². The molecule has 5 N–H and O–H groups in total. The lowest BCUT2D eigenvalue weighted by Gasteiger charge is -2.13. The van der Waals surface area contributed by atoms with Crippen LogP contribution in [0.15, 0.2) is 36.5 Å². The summed E-state index contributed by atoms with van der Waals surface area (Å²) in [5, 5.41) is 18.1. The van der Waals surface area contributed by atoms with E-state index in [4.69, 9.17) is 38.9 Å². The van der Waals surface area contributed by atoms with Gasteiger partial charge in [0.05, 0.1) is 21.3 Å². The molecule has 0 aliphatic carbocycles. The lowest BCUT2D eigenvalue weighted by molar-refractivity contribution is -0.384. The number of rotatable bonds is 10. The van der Waals surface area contributed by atoms with Crippen molar-refractivity contribution in [3.05, 3.63) is 68.2 Å². The number of nitrogens with zero attached hydrogens (tertiary/aromatic N) is 5. The molecule has 0 aliphatic rings. The Morgan fingerprint density at radius 3 is 2.36 bits per heavy atom. The molecule has 0 radical (unpaired) electrons. The number of aromatic amines is 1. The van der Waals surface area contributed by atoms with Gasteiger partial charge in [0.1, 0.15) is 11.6 Å². The highest BCUT2D eigenvalue weighted by Crippen LogP contribution is 2.36. The highest BCUT2D eigenvalue weighted by Gasteiger charge is 2.20. The number of nitrogen functional groups attached to an aromatic ring is 1. The Kier molecular flexibility index (Phi) is 11.5. The molecule has 11 nitrogen and oxygen atoms in total. The Morgan fingerprint density at radius 1 is 0.974 bits per heavy atom. The molecule has 39 heavy (non-hydrogen) atoms. The number of pyridine rings is 1. The van der Waals surface area contributed by atoms with Crippen LogP contribution in [0.1, 0.15) is 25.4 Å². The number of benzene rings is 1. The summed E-state index contributed by atoms with van der Waals surface area (Å²) < 4.78 is 0. The predicted octanol–water partition coefficient (Wildman–Crippen LogP) is 6.22. The number of hydrogen-bond donors (Lipinski definition) is 4. The van der Waals surface area contributed by atoms with Crippen molar-refractivity contribution in [2.24, 2.45) is 0 Å². The quantitative estimate of drug-likeness (QED) is 0.0923. The van der Waals surface area contributed by atoms with E-state index in [9.17, 15) is 10.1 Å². The van der Waals surface area contributed by atoms with E-state index in [1.807, 2.05) is 13.0 Å². The first-order valence-corrected chi connectivity index (χ1v) is 12.4. The highest BCUT2D eigenvalue weighted by atomic mass is 35.5. The summed E-state index contributed by atoms with van der Waals surface area (Å²) >= 11 is 12.7. The van der Waals surface area contributed by atoms with Crippen molar-refractivity contribution in [2.75, 3.05) is 29.5 Å². The summed E-state index contributed by atoms with van der Waals surface area (Å²) in [5.41, 5.74) is 9.28. The third kappa shape index (κ3) is 7.39. The van der Waals surface area contributed by atoms with Crippen LogP contribution in [0.4, 0.5) is 23.3 Å². The van der Waals surface area contributed by atoms with Gasteiger partial charge >= 0.3 is 5.69 Å². The third-order valence-corrected chi connectivity index (χ3v) is 6.11. The number of nitrogens with two attached hydrogens (primary N) is 1. The molecule has 1 aromatic carbocycles. The Morgan fingerprint density at radius 2 is 1.72 bits per heavy atom. The molecular formula is C24H27Cl4N9O2. The second-order valence-corrected chi connectivity index (χ2v) is 8.85. The lowest BCUT2D eigenvalue weighted by Crippen LogP contribution is -2.16. The molecule has 0 unspecified atom stereocenters. The van der Waals surface area contributed by atoms with Gasteiger partial charge in [-0.05, 0) is 30.7 Å². The molecule has 0 saturated carbocycles. The number of nitro groups is 1. The van der Waals surface area contributed by atoms with E-state index in [0.717, 1.165) is 35.6 Å². The lowest BCUT2D eigenvalue weighted by atomic mass is 10.0. The van der Waals surface area contributed by atoms with Crippen molar-refractivity contribution in [1.82, 2.24) is 24.9 Å². The van der Waals surface area contributed by atoms with Crippen LogP contribution < -0.4 is 16.4 Å². The number of nitrogens with one attached hydrogen (secondary N) is 3. The fraction of sp³-hybridized carbons (Fsp3) is 0.250. The van der Waals surface area contributed by atoms with Crippen molar-refractivity contribution < 1.29 is 4.92 Å². The first kappa shape index (κ1) is 31.8. The van der Waals surface area contributed by atoms with Gasteiger partial charge in [0.2, 0.25) is 11.8 Å². The fourth-order valence-electron chi connectivity index (χ4n) is 3.72. The molecule has 0 atom stereocenters. The van der Waals surface area contributed by atoms with Gasteiger partial charge in [-0.25, -0.2) is 19.9 Å². The first-order valence-electron chi connectivity index (χ1n) is 11.6. The van der Waals surface area contributed by atoms with Crippen LogP contribution in [-0.2, 0) is 12.8 Å². The minimum absolute atomic E-state index is 0. The van der Waals surface area contributed by atoms with Gasteiger partial charge in [0, 0.05) is 53.6 Å². The summed E-state index contributed by atoms with van der Waals surface area (Å²) in [7, 11) is 0. The largest absolute Gasteiger partial charge is 0.378 e. The maximum atomic E-state index is 10.9. The van der Waals surface area contributed by atoms with E-state index in [-0.39, 0.29) is 36.3 Å². The maximum absolute atomic E-state index is 10.9. The van der Waals surface area contributed by atoms with E-state index in [0.29, 0.717) is 46.2 Å². The third-order valence-electron chi connectivity index (χ3n) is 5.56. The molecule has 0 fully saturated rings. The summed E-state index contributed by atoms with van der Waals surface area (Å²) in [6.45, 7) is 4.97. The Labute approximate surface area is 247 Å². The van der Waals surface area contributed by atoms with Gasteiger partial charge in [0.25, 0.3) is 0 Å². The van der Waals surface area contributed by atoms with Crippen molar-refractivity contribution in [2.45, 2.75) is 26.7 Å².